The highest BCUT2D eigenvalue weighted by atomic mass is 19.1. The van der Waals surface area contributed by atoms with Crippen LogP contribution in [0.15, 0.2) is 47.0 Å². The van der Waals surface area contributed by atoms with Crippen LogP contribution in [0.5, 0.6) is 0 Å². The molecule has 0 unspecified atom stereocenters. The quantitative estimate of drug-likeness (QED) is 0.608. The van der Waals surface area contributed by atoms with Gasteiger partial charge in [0.25, 0.3) is 0 Å². The summed E-state index contributed by atoms with van der Waals surface area (Å²) in [6.07, 6.45) is 3.35. The fraction of sp³-hybridized carbons (Fsp3) is 0.320. The molecular weight excluding hydrogens is 409 g/mol. The van der Waals surface area contributed by atoms with Crippen molar-refractivity contribution in [3.63, 3.8) is 0 Å². The Labute approximate surface area is 187 Å². The predicted octanol–water partition coefficient (Wildman–Crippen LogP) is 4.09. The lowest BCUT2D eigenvalue weighted by molar-refractivity contribution is -0.127. The number of aliphatic hydroxyl groups is 1. The van der Waals surface area contributed by atoms with Crippen LogP contribution in [-0.4, -0.2) is 47.2 Å². The van der Waals surface area contributed by atoms with E-state index in [1.54, 1.807) is 23.1 Å². The number of aliphatic imine (C=N–C) groups is 1. The van der Waals surface area contributed by atoms with Crippen molar-refractivity contribution in [2.75, 3.05) is 19.7 Å². The molecule has 0 bridgehead atoms. The minimum absolute atomic E-state index is 0.0236. The molecule has 3 rings (SSSR count). The van der Waals surface area contributed by atoms with E-state index in [0.717, 1.165) is 17.5 Å². The summed E-state index contributed by atoms with van der Waals surface area (Å²) in [5.74, 6) is -0.694. The van der Waals surface area contributed by atoms with Crippen LogP contribution >= 0.6 is 0 Å². The summed E-state index contributed by atoms with van der Waals surface area (Å²) < 4.78 is 14.3. The van der Waals surface area contributed by atoms with Crippen LogP contribution < -0.4 is 5.73 Å². The monoisotopic (exact) mass is 437 g/mol. The van der Waals surface area contributed by atoms with E-state index in [2.05, 4.69) is 4.99 Å². The van der Waals surface area contributed by atoms with E-state index in [0.29, 0.717) is 42.2 Å². The van der Waals surface area contributed by atoms with E-state index in [-0.39, 0.29) is 30.3 Å². The van der Waals surface area contributed by atoms with E-state index in [1.165, 1.54) is 19.1 Å². The van der Waals surface area contributed by atoms with Gasteiger partial charge in [-0.25, -0.2) is 9.38 Å². The van der Waals surface area contributed by atoms with E-state index in [9.17, 15) is 14.0 Å². The Morgan fingerprint density at radius 2 is 1.88 bits per heavy atom. The lowest BCUT2D eigenvalue weighted by Crippen LogP contribution is -2.35. The van der Waals surface area contributed by atoms with Crippen LogP contribution in [-0.2, 0) is 4.79 Å². The van der Waals surface area contributed by atoms with Gasteiger partial charge in [-0.05, 0) is 55.2 Å². The molecule has 0 aromatic heterocycles. The molecule has 3 N–H and O–H groups in total. The van der Waals surface area contributed by atoms with Gasteiger partial charge in [0.1, 0.15) is 11.7 Å². The second-order valence-corrected chi connectivity index (χ2v) is 7.84. The molecule has 0 fully saturated rings. The maximum atomic E-state index is 14.3. The van der Waals surface area contributed by atoms with Crippen molar-refractivity contribution in [1.29, 1.82) is 0 Å². The van der Waals surface area contributed by atoms with Crippen molar-refractivity contribution in [2.45, 2.75) is 33.1 Å². The third kappa shape index (κ3) is 5.29. The lowest BCUT2D eigenvalue weighted by atomic mass is 9.99. The number of carbonyl (C=O) groups is 2. The highest BCUT2D eigenvalue weighted by molar-refractivity contribution is 6.05. The van der Waals surface area contributed by atoms with Gasteiger partial charge >= 0.3 is 0 Å². The number of amidine groups is 1. The first-order valence-electron chi connectivity index (χ1n) is 10.7. The zero-order valence-electron chi connectivity index (χ0n) is 18.4. The van der Waals surface area contributed by atoms with Crippen molar-refractivity contribution in [3.05, 3.63) is 58.9 Å². The second-order valence-electron chi connectivity index (χ2n) is 7.84. The van der Waals surface area contributed by atoms with E-state index in [1.807, 2.05) is 19.1 Å². The zero-order chi connectivity index (χ0) is 23.3. The Hall–Kier alpha value is -3.32. The van der Waals surface area contributed by atoms with Crippen LogP contribution in [0.1, 0.15) is 49.0 Å². The minimum atomic E-state index is -0.570. The number of benzene rings is 2. The molecule has 1 amide bonds. The molecule has 0 spiro atoms. The van der Waals surface area contributed by atoms with E-state index >= 15 is 0 Å². The smallest absolute Gasteiger partial charge is 0.250 e. The first-order valence-corrected chi connectivity index (χ1v) is 10.7. The standard InChI is InChI=1S/C25H28FN3O3/c1-3-9-29(10-4-11-30)25(32)20-12-19-6-5-18(14-23(19)28-24(27)15-20)17-7-8-21(16(2)31)22(26)13-17/h5-8,12-14,30H,3-4,9-11,15H2,1-2H3,(H2,27,28). The fourth-order valence-electron chi connectivity index (χ4n) is 3.74. The van der Waals surface area contributed by atoms with Crippen molar-refractivity contribution in [2.24, 2.45) is 10.7 Å². The van der Waals surface area contributed by atoms with Gasteiger partial charge in [-0.2, -0.15) is 0 Å². The SMILES string of the molecule is CCCN(CCCO)C(=O)C1=Cc2ccc(-c3ccc(C(C)=O)c(F)c3)cc2N=C(N)C1. The van der Waals surface area contributed by atoms with Crippen molar-refractivity contribution < 1.29 is 19.1 Å². The molecule has 1 heterocycles. The van der Waals surface area contributed by atoms with Gasteiger partial charge < -0.3 is 15.7 Å². The topological polar surface area (TPSA) is 96.0 Å². The first-order chi connectivity index (χ1) is 15.3. The first kappa shape index (κ1) is 23.3. The zero-order valence-corrected chi connectivity index (χ0v) is 18.4. The number of halogens is 1. The van der Waals surface area contributed by atoms with Crippen LogP contribution in [0.25, 0.3) is 17.2 Å². The Balaban J connectivity index is 1.95. The third-order valence-electron chi connectivity index (χ3n) is 5.32. The molecule has 0 radical (unpaired) electrons. The summed E-state index contributed by atoms with van der Waals surface area (Å²) in [7, 11) is 0. The van der Waals surface area contributed by atoms with Crippen molar-refractivity contribution in [1.82, 2.24) is 4.90 Å². The van der Waals surface area contributed by atoms with E-state index < -0.39 is 5.82 Å². The average molecular weight is 438 g/mol. The number of Topliss-reactive ketones (excluding diaryl/α,β-unsaturated/α-hetero) is 1. The van der Waals surface area contributed by atoms with Gasteiger partial charge in [0.15, 0.2) is 5.78 Å². The molecule has 7 heteroatoms. The number of rotatable bonds is 8. The van der Waals surface area contributed by atoms with Crippen LogP contribution in [0.4, 0.5) is 10.1 Å². The molecule has 1 aliphatic rings. The van der Waals surface area contributed by atoms with Crippen LogP contribution in [0.3, 0.4) is 0 Å². The Kier molecular flexibility index (Phi) is 7.53. The number of nitrogens with zero attached hydrogens (tertiary/aromatic N) is 2. The van der Waals surface area contributed by atoms with Gasteiger partial charge in [0, 0.05) is 37.3 Å². The lowest BCUT2D eigenvalue weighted by Gasteiger charge is -2.23. The minimum Gasteiger partial charge on any atom is -0.396 e. The molecular formula is C25H28FN3O3. The van der Waals surface area contributed by atoms with Crippen LogP contribution in [0, 0.1) is 5.82 Å². The van der Waals surface area contributed by atoms with Crippen molar-refractivity contribution in [3.8, 4) is 11.1 Å². The van der Waals surface area contributed by atoms with E-state index in [4.69, 9.17) is 10.8 Å². The molecule has 168 valence electrons. The summed E-state index contributed by atoms with van der Waals surface area (Å²) in [5, 5.41) is 9.14. The average Bonchev–Trinajstić information content (AvgIpc) is 2.93. The molecule has 0 atom stereocenters. The number of hydrogen-bond donors (Lipinski definition) is 2. The number of ketones is 1. The summed E-state index contributed by atoms with van der Waals surface area (Å²) in [4.78, 5) is 30.8. The second kappa shape index (κ2) is 10.3. The Morgan fingerprint density at radius 1 is 1.16 bits per heavy atom. The molecule has 1 aliphatic heterocycles. The summed E-state index contributed by atoms with van der Waals surface area (Å²) in [6.45, 7) is 4.43. The molecule has 0 saturated heterocycles. The van der Waals surface area contributed by atoms with Gasteiger partial charge in [-0.1, -0.05) is 25.1 Å². The van der Waals surface area contributed by atoms with Crippen molar-refractivity contribution >= 4 is 29.3 Å². The van der Waals surface area contributed by atoms with Gasteiger partial charge in [-0.3, -0.25) is 9.59 Å². The molecule has 2 aromatic rings. The number of carbonyl (C=O) groups excluding carboxylic acids is 2. The normalized spacial score (nSPS) is 13.0. The molecule has 32 heavy (non-hydrogen) atoms. The summed E-state index contributed by atoms with van der Waals surface area (Å²) in [6, 6.07) is 9.95. The fourth-order valence-corrected chi connectivity index (χ4v) is 3.74. The highest BCUT2D eigenvalue weighted by Crippen LogP contribution is 2.32. The maximum Gasteiger partial charge on any atom is 0.250 e. The molecule has 0 aliphatic carbocycles. The predicted molar refractivity (Wildman–Crippen MR) is 124 cm³/mol. The number of hydrogen-bond acceptors (Lipinski definition) is 5. The molecule has 6 nitrogen and oxygen atoms in total. The maximum absolute atomic E-state index is 14.3. The molecule has 0 saturated carbocycles. The van der Waals surface area contributed by atoms with Gasteiger partial charge in [0.2, 0.25) is 5.91 Å². The Morgan fingerprint density at radius 3 is 2.53 bits per heavy atom. The highest BCUT2D eigenvalue weighted by Gasteiger charge is 2.21. The van der Waals surface area contributed by atoms with Crippen LogP contribution in [0.2, 0.25) is 0 Å². The molecule has 2 aromatic carbocycles. The summed E-state index contributed by atoms with van der Waals surface area (Å²) in [5.41, 5.74) is 9.40. The number of amides is 1. The Bertz CT molecular complexity index is 1090. The third-order valence-corrected chi connectivity index (χ3v) is 5.32. The summed E-state index contributed by atoms with van der Waals surface area (Å²) >= 11 is 0. The van der Waals surface area contributed by atoms with Gasteiger partial charge in [0.05, 0.1) is 11.3 Å². The van der Waals surface area contributed by atoms with Gasteiger partial charge in [-0.15, -0.1) is 0 Å². The number of aliphatic hydroxyl groups excluding tert-OH is 1. The number of nitrogens with two attached hydrogens (primary N) is 1. The largest absolute Gasteiger partial charge is 0.396 e. The number of fused-ring (bicyclic) bond motifs is 1.